The molecule has 1 aliphatic carbocycles. The Labute approximate surface area is 109 Å². The van der Waals surface area contributed by atoms with Gasteiger partial charge in [-0.05, 0) is 31.0 Å². The van der Waals surface area contributed by atoms with Gasteiger partial charge < -0.3 is 21.9 Å². The zero-order valence-corrected chi connectivity index (χ0v) is 10.1. The lowest BCUT2D eigenvalue weighted by atomic mass is 10.1. The van der Waals surface area contributed by atoms with E-state index in [0.29, 0.717) is 5.69 Å². The van der Waals surface area contributed by atoms with E-state index in [2.05, 4.69) is 10.3 Å². The average molecular weight is 262 g/mol. The van der Waals surface area contributed by atoms with Gasteiger partial charge in [-0.1, -0.05) is 0 Å². The summed E-state index contributed by atoms with van der Waals surface area (Å²) in [5.41, 5.74) is 11.3. The van der Waals surface area contributed by atoms with Crippen molar-refractivity contribution in [3.8, 4) is 0 Å². The van der Waals surface area contributed by atoms with Crippen LogP contribution in [0.5, 0.6) is 0 Å². The minimum absolute atomic E-state index is 0.0335. The van der Waals surface area contributed by atoms with Gasteiger partial charge in [-0.25, -0.2) is 9.79 Å². The molecule has 0 atom stereocenters. The van der Waals surface area contributed by atoms with Crippen LogP contribution >= 0.6 is 0 Å². The van der Waals surface area contributed by atoms with Crippen LogP contribution in [0.15, 0.2) is 23.2 Å². The summed E-state index contributed by atoms with van der Waals surface area (Å²) in [4.78, 5) is 26.4. The summed E-state index contributed by atoms with van der Waals surface area (Å²) in [5, 5.41) is 11.6. The number of amides is 1. The van der Waals surface area contributed by atoms with E-state index < -0.39 is 5.97 Å². The van der Waals surface area contributed by atoms with Crippen LogP contribution in [0.2, 0.25) is 0 Å². The second kappa shape index (κ2) is 4.97. The Morgan fingerprint density at radius 2 is 2.00 bits per heavy atom. The third-order valence-corrected chi connectivity index (χ3v) is 2.70. The molecule has 7 nitrogen and oxygen atoms in total. The van der Waals surface area contributed by atoms with Crippen molar-refractivity contribution in [1.29, 1.82) is 0 Å². The van der Waals surface area contributed by atoms with Gasteiger partial charge in [0, 0.05) is 5.92 Å². The maximum atomic E-state index is 11.7. The highest BCUT2D eigenvalue weighted by atomic mass is 16.4. The topological polar surface area (TPSA) is 131 Å². The summed E-state index contributed by atoms with van der Waals surface area (Å²) in [6.45, 7) is 0. The Balaban J connectivity index is 2.32. The molecule has 1 aliphatic rings. The lowest BCUT2D eigenvalue weighted by molar-refractivity contribution is -0.117. The molecule has 0 saturated heterocycles. The van der Waals surface area contributed by atoms with Crippen molar-refractivity contribution in [2.45, 2.75) is 12.8 Å². The number of carboxylic acids is 1. The van der Waals surface area contributed by atoms with Gasteiger partial charge in [-0.3, -0.25) is 4.79 Å². The Hall–Kier alpha value is -2.57. The van der Waals surface area contributed by atoms with Crippen LogP contribution in [-0.4, -0.2) is 22.9 Å². The molecule has 0 heterocycles. The van der Waals surface area contributed by atoms with E-state index in [9.17, 15) is 9.59 Å². The van der Waals surface area contributed by atoms with Crippen molar-refractivity contribution in [2.75, 3.05) is 5.32 Å². The summed E-state index contributed by atoms with van der Waals surface area (Å²) in [6, 6.07) is 4.17. The Kier molecular flexibility index (Phi) is 3.37. The van der Waals surface area contributed by atoms with Gasteiger partial charge in [-0.15, -0.1) is 0 Å². The normalized spacial score (nSPS) is 13.7. The molecule has 0 radical (unpaired) electrons. The fourth-order valence-corrected chi connectivity index (χ4v) is 1.58. The van der Waals surface area contributed by atoms with E-state index in [1.807, 2.05) is 0 Å². The van der Waals surface area contributed by atoms with Gasteiger partial charge in [0.15, 0.2) is 5.96 Å². The van der Waals surface area contributed by atoms with Crippen LogP contribution in [0.3, 0.4) is 0 Å². The van der Waals surface area contributed by atoms with Crippen molar-refractivity contribution in [3.63, 3.8) is 0 Å². The monoisotopic (exact) mass is 262 g/mol. The van der Waals surface area contributed by atoms with Gasteiger partial charge in [0.2, 0.25) is 5.91 Å². The van der Waals surface area contributed by atoms with Crippen molar-refractivity contribution in [2.24, 2.45) is 22.4 Å². The number of benzene rings is 1. The molecule has 1 fully saturated rings. The number of carbonyl (C=O) groups excluding carboxylic acids is 1. The third kappa shape index (κ3) is 3.21. The fraction of sp³-hybridized carbons (Fsp3) is 0.250. The number of carboxylic acid groups (broad SMARTS) is 1. The largest absolute Gasteiger partial charge is 0.478 e. The van der Waals surface area contributed by atoms with E-state index >= 15 is 0 Å². The van der Waals surface area contributed by atoms with Crippen LogP contribution < -0.4 is 16.8 Å². The predicted octanol–water partition coefficient (Wildman–Crippen LogP) is 0.638. The Morgan fingerprint density at radius 1 is 1.32 bits per heavy atom. The van der Waals surface area contributed by atoms with E-state index in [1.54, 1.807) is 0 Å². The minimum atomic E-state index is -1.09. The number of nitrogens with two attached hydrogens (primary N) is 2. The number of aliphatic imine (C=N–C) groups is 1. The molecule has 1 aromatic carbocycles. The van der Waals surface area contributed by atoms with Crippen LogP contribution in [0.1, 0.15) is 23.2 Å². The number of aromatic carboxylic acids is 1. The van der Waals surface area contributed by atoms with Crippen LogP contribution in [0, 0.1) is 5.92 Å². The first kappa shape index (κ1) is 12.9. The van der Waals surface area contributed by atoms with E-state index in [4.69, 9.17) is 16.6 Å². The Morgan fingerprint density at radius 3 is 2.53 bits per heavy atom. The van der Waals surface area contributed by atoms with E-state index in [1.165, 1.54) is 18.2 Å². The molecule has 0 aliphatic heterocycles. The first-order valence-corrected chi connectivity index (χ1v) is 5.75. The smallest absolute Gasteiger partial charge is 0.335 e. The molecule has 2 rings (SSSR count). The first-order chi connectivity index (χ1) is 8.97. The molecule has 6 N–H and O–H groups in total. The second-order valence-electron chi connectivity index (χ2n) is 4.34. The zero-order chi connectivity index (χ0) is 14.0. The number of carbonyl (C=O) groups is 2. The molecule has 0 aromatic heterocycles. The van der Waals surface area contributed by atoms with Crippen LogP contribution in [0.25, 0.3) is 0 Å². The zero-order valence-electron chi connectivity index (χ0n) is 10.1. The molecular weight excluding hydrogens is 248 g/mol. The molecular formula is C12H14N4O3. The SMILES string of the molecule is NC(N)=Nc1cc(C(=O)O)ccc1NC(=O)C1CC1. The average Bonchev–Trinajstić information content (AvgIpc) is 3.14. The van der Waals surface area contributed by atoms with Gasteiger partial charge >= 0.3 is 5.97 Å². The lowest BCUT2D eigenvalue weighted by Gasteiger charge is -2.09. The highest BCUT2D eigenvalue weighted by molar-refractivity contribution is 5.99. The quantitative estimate of drug-likeness (QED) is 0.467. The molecule has 19 heavy (non-hydrogen) atoms. The molecule has 0 spiro atoms. The third-order valence-electron chi connectivity index (χ3n) is 2.70. The van der Waals surface area contributed by atoms with Gasteiger partial charge in [0.25, 0.3) is 0 Å². The molecule has 1 saturated carbocycles. The van der Waals surface area contributed by atoms with E-state index in [-0.39, 0.29) is 29.0 Å². The summed E-state index contributed by atoms with van der Waals surface area (Å²) < 4.78 is 0. The van der Waals surface area contributed by atoms with Crippen molar-refractivity contribution in [3.05, 3.63) is 23.8 Å². The molecule has 0 bridgehead atoms. The molecule has 7 heteroatoms. The number of hydrogen-bond acceptors (Lipinski definition) is 3. The minimum Gasteiger partial charge on any atom is -0.478 e. The summed E-state index contributed by atoms with van der Waals surface area (Å²) in [6.07, 6.45) is 1.74. The molecule has 100 valence electrons. The number of nitrogens with zero attached hydrogens (tertiary/aromatic N) is 1. The summed E-state index contributed by atoms with van der Waals surface area (Å²) in [7, 11) is 0. The lowest BCUT2D eigenvalue weighted by Crippen LogP contribution is -2.22. The van der Waals surface area contributed by atoms with Gasteiger partial charge in [0.1, 0.15) is 0 Å². The molecule has 0 unspecified atom stereocenters. The maximum Gasteiger partial charge on any atom is 0.335 e. The number of hydrogen-bond donors (Lipinski definition) is 4. The number of anilines is 1. The fourth-order valence-electron chi connectivity index (χ4n) is 1.58. The number of rotatable bonds is 4. The molecule has 1 amide bonds. The number of nitrogens with one attached hydrogen (secondary N) is 1. The highest BCUT2D eigenvalue weighted by Gasteiger charge is 2.30. The second-order valence-corrected chi connectivity index (χ2v) is 4.34. The van der Waals surface area contributed by atoms with Gasteiger partial charge in [-0.2, -0.15) is 0 Å². The van der Waals surface area contributed by atoms with Crippen LogP contribution in [0.4, 0.5) is 11.4 Å². The van der Waals surface area contributed by atoms with Crippen molar-refractivity contribution in [1.82, 2.24) is 0 Å². The van der Waals surface area contributed by atoms with Crippen molar-refractivity contribution >= 4 is 29.2 Å². The predicted molar refractivity (Wildman–Crippen MR) is 70.2 cm³/mol. The standard InChI is InChI=1S/C12H14N4O3/c13-12(14)16-9-5-7(11(18)19)3-4-8(9)15-10(17)6-1-2-6/h3-6H,1-2H2,(H,15,17)(H,18,19)(H4,13,14,16). The summed E-state index contributed by atoms with van der Waals surface area (Å²) >= 11 is 0. The van der Waals surface area contributed by atoms with Crippen LogP contribution in [-0.2, 0) is 4.79 Å². The summed E-state index contributed by atoms with van der Waals surface area (Å²) in [5.74, 6) is -1.36. The number of guanidine groups is 1. The molecule has 1 aromatic rings. The van der Waals surface area contributed by atoms with Gasteiger partial charge in [0.05, 0.1) is 16.9 Å². The first-order valence-electron chi connectivity index (χ1n) is 5.75. The maximum absolute atomic E-state index is 11.7. The van der Waals surface area contributed by atoms with Crippen molar-refractivity contribution < 1.29 is 14.7 Å². The van der Waals surface area contributed by atoms with E-state index in [0.717, 1.165) is 12.8 Å². The Bertz CT molecular complexity index is 560. The highest BCUT2D eigenvalue weighted by Crippen LogP contribution is 2.32.